The van der Waals surface area contributed by atoms with Gasteiger partial charge in [-0.3, -0.25) is 13.9 Å². The molecule has 9 heteroatoms. The van der Waals surface area contributed by atoms with E-state index in [0.29, 0.717) is 29.2 Å². The van der Waals surface area contributed by atoms with Crippen LogP contribution in [-0.4, -0.2) is 50.9 Å². The van der Waals surface area contributed by atoms with Gasteiger partial charge >= 0.3 is 0 Å². The molecular formula is C29H35N3O5S. The molecule has 0 bridgehead atoms. The Morgan fingerprint density at radius 1 is 1.05 bits per heavy atom. The molecule has 0 fully saturated rings. The van der Waals surface area contributed by atoms with E-state index in [-0.39, 0.29) is 37.4 Å². The highest BCUT2D eigenvalue weighted by Crippen LogP contribution is 2.42. The molecular weight excluding hydrogens is 502 g/mol. The van der Waals surface area contributed by atoms with Crippen LogP contribution in [0.4, 0.5) is 5.69 Å². The van der Waals surface area contributed by atoms with Crippen LogP contribution in [-0.2, 0) is 26.2 Å². The summed E-state index contributed by atoms with van der Waals surface area (Å²) in [5, 5.41) is 4.51. The molecule has 0 aromatic heterocycles. The Balaban J connectivity index is 1.53. The van der Waals surface area contributed by atoms with E-state index in [2.05, 4.69) is 5.32 Å². The highest BCUT2D eigenvalue weighted by atomic mass is 32.2. The van der Waals surface area contributed by atoms with Gasteiger partial charge in [0.25, 0.3) is 10.0 Å². The smallest absolute Gasteiger partial charge is 0.265 e. The molecule has 38 heavy (non-hydrogen) atoms. The average molecular weight is 538 g/mol. The third-order valence-corrected chi connectivity index (χ3v) is 8.59. The van der Waals surface area contributed by atoms with Crippen molar-refractivity contribution in [3.63, 3.8) is 0 Å². The van der Waals surface area contributed by atoms with Gasteiger partial charge in [0, 0.05) is 30.9 Å². The Labute approximate surface area is 224 Å². The summed E-state index contributed by atoms with van der Waals surface area (Å²) < 4.78 is 33.3. The number of carbonyl (C=O) groups excluding carboxylic acids is 2. The monoisotopic (exact) mass is 537 g/mol. The van der Waals surface area contributed by atoms with Crippen molar-refractivity contribution in [1.29, 1.82) is 0 Å². The van der Waals surface area contributed by atoms with Gasteiger partial charge < -0.3 is 15.0 Å². The first kappa shape index (κ1) is 27.4. The molecule has 1 aliphatic rings. The molecule has 0 aliphatic carbocycles. The third-order valence-electron chi connectivity index (χ3n) is 6.74. The van der Waals surface area contributed by atoms with Crippen LogP contribution in [0.5, 0.6) is 5.75 Å². The molecule has 8 nitrogen and oxygen atoms in total. The fourth-order valence-corrected chi connectivity index (χ4v) is 6.73. The Bertz CT molecular complexity index is 1430. The van der Waals surface area contributed by atoms with Crippen LogP contribution >= 0.6 is 0 Å². The lowest BCUT2D eigenvalue weighted by atomic mass is 10.1. The van der Waals surface area contributed by atoms with Crippen LogP contribution in [0.3, 0.4) is 0 Å². The lowest BCUT2D eigenvalue weighted by molar-refractivity contribution is -0.141. The zero-order chi connectivity index (χ0) is 27.4. The topological polar surface area (TPSA) is 96.0 Å². The summed E-state index contributed by atoms with van der Waals surface area (Å²) >= 11 is 0. The van der Waals surface area contributed by atoms with E-state index in [0.717, 1.165) is 16.3 Å². The maximum Gasteiger partial charge on any atom is 0.265 e. The summed E-state index contributed by atoms with van der Waals surface area (Å²) in [4.78, 5) is 28.5. The van der Waals surface area contributed by atoms with Gasteiger partial charge in [-0.15, -0.1) is 0 Å². The molecule has 4 rings (SSSR count). The summed E-state index contributed by atoms with van der Waals surface area (Å²) in [7, 11) is -2.11. The van der Waals surface area contributed by atoms with Gasteiger partial charge in [0.1, 0.15) is 11.8 Å². The molecule has 3 aromatic rings. The normalized spacial score (nSPS) is 14.5. The first-order valence-corrected chi connectivity index (χ1v) is 14.4. The highest BCUT2D eigenvalue weighted by Gasteiger charge is 2.35. The van der Waals surface area contributed by atoms with E-state index in [1.54, 1.807) is 30.2 Å². The number of rotatable bonds is 11. The Morgan fingerprint density at radius 2 is 1.76 bits per heavy atom. The number of amides is 2. The number of hydrogen-bond acceptors (Lipinski definition) is 5. The minimum atomic E-state index is -3.69. The molecule has 0 saturated carbocycles. The number of ether oxygens (including phenoxy) is 1. The summed E-state index contributed by atoms with van der Waals surface area (Å²) in [5.41, 5.74) is 1.49. The first-order chi connectivity index (χ1) is 18.2. The molecule has 1 N–H and O–H groups in total. The summed E-state index contributed by atoms with van der Waals surface area (Å²) in [6, 6.07) is 17.5. The molecule has 202 valence electrons. The van der Waals surface area contributed by atoms with Crippen LogP contribution < -0.4 is 14.4 Å². The quantitative estimate of drug-likeness (QED) is 0.389. The molecule has 1 aliphatic heterocycles. The van der Waals surface area contributed by atoms with Gasteiger partial charge in [0.05, 0.1) is 17.7 Å². The molecule has 2 amide bonds. The van der Waals surface area contributed by atoms with Crippen molar-refractivity contribution in [1.82, 2.24) is 10.2 Å². The number of nitrogens with zero attached hydrogens (tertiary/aromatic N) is 2. The van der Waals surface area contributed by atoms with Gasteiger partial charge in [0.2, 0.25) is 11.8 Å². The number of nitrogens with one attached hydrogen (secondary N) is 1. The minimum absolute atomic E-state index is 0.0602. The maximum absolute atomic E-state index is 13.6. The molecule has 3 aromatic carbocycles. The fraction of sp³-hybridized carbons (Fsp3) is 0.379. The van der Waals surface area contributed by atoms with E-state index in [4.69, 9.17) is 4.74 Å². The van der Waals surface area contributed by atoms with Crippen LogP contribution in [0.1, 0.15) is 45.6 Å². The van der Waals surface area contributed by atoms with Crippen molar-refractivity contribution in [3.05, 3.63) is 66.2 Å². The zero-order valence-electron chi connectivity index (χ0n) is 22.3. The van der Waals surface area contributed by atoms with Crippen molar-refractivity contribution < 1.29 is 22.7 Å². The Morgan fingerprint density at radius 3 is 2.45 bits per heavy atom. The second kappa shape index (κ2) is 11.4. The predicted octanol–water partition coefficient (Wildman–Crippen LogP) is 4.47. The first-order valence-electron chi connectivity index (χ1n) is 12.9. The highest BCUT2D eigenvalue weighted by molar-refractivity contribution is 7.93. The van der Waals surface area contributed by atoms with Crippen molar-refractivity contribution in [2.75, 3.05) is 18.0 Å². The summed E-state index contributed by atoms with van der Waals surface area (Å²) in [5.74, 6) is 0.261. The summed E-state index contributed by atoms with van der Waals surface area (Å²) in [6.45, 7) is 6.06. The standard InChI is InChI=1S/C29H35N3O5S/c1-5-24(29(34)30-20(2)3)31(19-21-10-6-13-23(18-21)37-4)27(33)16-9-17-32-25-14-7-11-22-12-8-15-26(28(22)25)38(32,35)36/h6-8,10-15,18,20,24H,5,9,16-17,19H2,1-4H3,(H,30,34)/t24-/m1/s1. The molecule has 0 radical (unpaired) electrons. The summed E-state index contributed by atoms with van der Waals surface area (Å²) in [6.07, 6.45) is 0.874. The molecule has 1 heterocycles. The minimum Gasteiger partial charge on any atom is -0.497 e. The largest absolute Gasteiger partial charge is 0.497 e. The lowest BCUT2D eigenvalue weighted by Crippen LogP contribution is -2.50. The number of methoxy groups -OCH3 is 1. The van der Waals surface area contributed by atoms with Crippen molar-refractivity contribution in [2.45, 2.75) is 63.6 Å². The second-order valence-electron chi connectivity index (χ2n) is 9.77. The van der Waals surface area contributed by atoms with Gasteiger partial charge in [0.15, 0.2) is 0 Å². The van der Waals surface area contributed by atoms with E-state index >= 15 is 0 Å². The molecule has 1 atom stereocenters. The van der Waals surface area contributed by atoms with Crippen molar-refractivity contribution >= 4 is 38.3 Å². The zero-order valence-corrected chi connectivity index (χ0v) is 23.1. The molecule has 0 saturated heterocycles. The van der Waals surface area contributed by atoms with Gasteiger partial charge in [-0.05, 0) is 61.9 Å². The van der Waals surface area contributed by atoms with Crippen molar-refractivity contribution in [2.24, 2.45) is 0 Å². The van der Waals surface area contributed by atoms with Crippen LogP contribution in [0.25, 0.3) is 10.8 Å². The maximum atomic E-state index is 13.6. The molecule has 0 unspecified atom stereocenters. The predicted molar refractivity (Wildman–Crippen MR) is 149 cm³/mol. The number of hydrogen-bond donors (Lipinski definition) is 1. The van der Waals surface area contributed by atoms with Gasteiger partial charge in [-0.1, -0.05) is 43.3 Å². The van der Waals surface area contributed by atoms with Gasteiger partial charge in [-0.25, -0.2) is 8.42 Å². The van der Waals surface area contributed by atoms with Crippen molar-refractivity contribution in [3.8, 4) is 5.75 Å². The Hall–Kier alpha value is -3.59. The van der Waals surface area contributed by atoms with E-state index in [1.807, 2.05) is 63.2 Å². The number of benzene rings is 3. The van der Waals surface area contributed by atoms with E-state index in [9.17, 15) is 18.0 Å². The number of carbonyl (C=O) groups is 2. The van der Waals surface area contributed by atoms with Crippen LogP contribution in [0.2, 0.25) is 0 Å². The SMILES string of the molecule is CC[C@H](C(=O)NC(C)C)N(Cc1cccc(OC)c1)C(=O)CCCN1c2cccc3cccc(c23)S1(=O)=O. The average Bonchev–Trinajstić information content (AvgIpc) is 3.11. The third kappa shape index (κ3) is 5.48. The number of anilines is 1. The van der Waals surface area contributed by atoms with Gasteiger partial charge in [-0.2, -0.15) is 0 Å². The Kier molecular flexibility index (Phi) is 8.26. The van der Waals surface area contributed by atoms with E-state index in [1.165, 1.54) is 4.31 Å². The van der Waals surface area contributed by atoms with E-state index < -0.39 is 16.1 Å². The lowest BCUT2D eigenvalue weighted by Gasteiger charge is -2.31. The van der Waals surface area contributed by atoms with Crippen LogP contribution in [0.15, 0.2) is 65.6 Å². The van der Waals surface area contributed by atoms with Crippen LogP contribution in [0, 0.1) is 0 Å². The number of sulfonamides is 1. The molecule has 0 spiro atoms. The fourth-order valence-electron chi connectivity index (χ4n) is 4.98. The second-order valence-corrected chi connectivity index (χ2v) is 11.6.